The van der Waals surface area contributed by atoms with Crippen molar-refractivity contribution >= 4 is 32.5 Å². The molecule has 8 heteroatoms. The first-order valence-corrected chi connectivity index (χ1v) is 11.5. The number of benzene rings is 2. The Morgan fingerprint density at radius 1 is 1.10 bits per heavy atom. The van der Waals surface area contributed by atoms with Crippen molar-refractivity contribution in [1.29, 1.82) is 0 Å². The summed E-state index contributed by atoms with van der Waals surface area (Å²) in [5, 5.41) is 2.92. The zero-order valence-electron chi connectivity index (χ0n) is 16.7. The Hall–Kier alpha value is -2.87. The average molecular weight is 415 g/mol. The first-order chi connectivity index (χ1) is 13.8. The van der Waals surface area contributed by atoms with Crippen LogP contribution in [0, 0.1) is 0 Å². The largest absolute Gasteiger partial charge is 0.375 e. The number of nitrogens with zero attached hydrogens (tertiary/aromatic N) is 3. The molecular formula is C21H26N4O3S. The van der Waals surface area contributed by atoms with Gasteiger partial charge in [0.2, 0.25) is 5.91 Å². The number of sulfone groups is 1. The lowest BCUT2D eigenvalue weighted by Gasteiger charge is -2.19. The van der Waals surface area contributed by atoms with E-state index < -0.39 is 9.84 Å². The number of anilines is 1. The Kier molecular flexibility index (Phi) is 6.53. The van der Waals surface area contributed by atoms with E-state index in [1.807, 2.05) is 61.6 Å². The molecule has 0 aliphatic carbocycles. The van der Waals surface area contributed by atoms with Crippen LogP contribution < -0.4 is 10.2 Å². The summed E-state index contributed by atoms with van der Waals surface area (Å²) < 4.78 is 25.2. The van der Waals surface area contributed by atoms with E-state index in [1.54, 1.807) is 4.57 Å². The number of rotatable bonds is 9. The minimum atomic E-state index is -3.26. The summed E-state index contributed by atoms with van der Waals surface area (Å²) >= 11 is 0. The summed E-state index contributed by atoms with van der Waals surface area (Å²) in [6.45, 7) is 1.40. The van der Waals surface area contributed by atoms with Crippen molar-refractivity contribution < 1.29 is 13.2 Å². The lowest BCUT2D eigenvalue weighted by Crippen LogP contribution is -2.31. The molecule has 0 fully saturated rings. The molecular weight excluding hydrogens is 388 g/mol. The zero-order chi connectivity index (χ0) is 20.9. The Balaban J connectivity index is 1.59. The molecule has 0 radical (unpaired) electrons. The predicted octanol–water partition coefficient (Wildman–Crippen LogP) is 2.22. The number of hydrogen-bond acceptors (Lipinski definition) is 5. The third kappa shape index (κ3) is 5.80. The summed E-state index contributed by atoms with van der Waals surface area (Å²) in [6, 6.07) is 17.4. The highest BCUT2D eigenvalue weighted by molar-refractivity contribution is 7.89. The fourth-order valence-electron chi connectivity index (χ4n) is 3.20. The van der Waals surface area contributed by atoms with Crippen molar-refractivity contribution in [2.45, 2.75) is 18.7 Å². The van der Waals surface area contributed by atoms with Gasteiger partial charge in [0.1, 0.15) is 18.1 Å². The number of hydrogen-bond donors (Lipinski definition) is 1. The van der Waals surface area contributed by atoms with E-state index >= 15 is 0 Å². The molecule has 0 saturated carbocycles. The van der Waals surface area contributed by atoms with Gasteiger partial charge in [0.25, 0.3) is 0 Å². The van der Waals surface area contributed by atoms with Gasteiger partial charge in [-0.3, -0.25) is 4.79 Å². The molecule has 3 rings (SSSR count). The van der Waals surface area contributed by atoms with E-state index in [1.165, 1.54) is 6.26 Å². The molecule has 0 spiro atoms. The molecule has 1 N–H and O–H groups in total. The Bertz CT molecular complexity index is 1080. The summed E-state index contributed by atoms with van der Waals surface area (Å²) in [7, 11) is -1.24. The van der Waals surface area contributed by atoms with Crippen molar-refractivity contribution in [2.75, 3.05) is 31.3 Å². The van der Waals surface area contributed by atoms with Crippen molar-refractivity contribution in [1.82, 2.24) is 14.9 Å². The van der Waals surface area contributed by atoms with E-state index in [9.17, 15) is 13.2 Å². The number of para-hydroxylation sites is 3. The molecule has 1 amide bonds. The van der Waals surface area contributed by atoms with Crippen LogP contribution in [0.4, 0.5) is 5.69 Å². The maximum atomic E-state index is 12.5. The molecule has 154 valence electrons. The van der Waals surface area contributed by atoms with Crippen LogP contribution in [0.2, 0.25) is 0 Å². The third-order valence-corrected chi connectivity index (χ3v) is 5.40. The van der Waals surface area contributed by atoms with E-state index in [2.05, 4.69) is 15.2 Å². The Morgan fingerprint density at radius 2 is 1.79 bits per heavy atom. The predicted molar refractivity (Wildman–Crippen MR) is 116 cm³/mol. The van der Waals surface area contributed by atoms with Crippen LogP contribution in [0.3, 0.4) is 0 Å². The highest BCUT2D eigenvalue weighted by Gasteiger charge is 2.17. The molecule has 1 heterocycles. The second-order valence-electron chi connectivity index (χ2n) is 7.13. The van der Waals surface area contributed by atoms with Gasteiger partial charge in [-0.2, -0.15) is 0 Å². The fraction of sp³-hybridized carbons (Fsp3) is 0.333. The number of carbonyl (C=O) groups is 1. The normalized spacial score (nSPS) is 11.5. The molecule has 0 aliphatic heterocycles. The van der Waals surface area contributed by atoms with Gasteiger partial charge in [0, 0.05) is 32.1 Å². The molecule has 1 aromatic heterocycles. The second-order valence-corrected chi connectivity index (χ2v) is 9.27. The molecule has 0 bridgehead atoms. The number of fused-ring (bicyclic) bond motifs is 1. The molecule has 0 saturated heterocycles. The SMILES string of the molecule is CN(CCCNC(=O)Cn1c(CS(C)(=O)=O)nc2ccccc21)c1ccccc1. The average Bonchev–Trinajstić information content (AvgIpc) is 3.01. The van der Waals surface area contributed by atoms with E-state index in [0.29, 0.717) is 17.9 Å². The van der Waals surface area contributed by atoms with E-state index in [-0.39, 0.29) is 18.2 Å². The topological polar surface area (TPSA) is 84.3 Å². The van der Waals surface area contributed by atoms with Gasteiger partial charge in [-0.15, -0.1) is 0 Å². The monoisotopic (exact) mass is 414 g/mol. The van der Waals surface area contributed by atoms with Crippen LogP contribution in [-0.4, -0.2) is 50.3 Å². The van der Waals surface area contributed by atoms with Crippen LogP contribution >= 0.6 is 0 Å². The molecule has 7 nitrogen and oxygen atoms in total. The number of nitrogens with one attached hydrogen (secondary N) is 1. The van der Waals surface area contributed by atoms with Crippen molar-refractivity contribution in [3.63, 3.8) is 0 Å². The maximum Gasteiger partial charge on any atom is 0.240 e. The number of carbonyl (C=O) groups excluding carboxylic acids is 1. The van der Waals surface area contributed by atoms with Crippen molar-refractivity contribution in [3.05, 3.63) is 60.4 Å². The van der Waals surface area contributed by atoms with Gasteiger partial charge in [-0.05, 0) is 30.7 Å². The lowest BCUT2D eigenvalue weighted by molar-refractivity contribution is -0.121. The smallest absolute Gasteiger partial charge is 0.240 e. The highest BCUT2D eigenvalue weighted by atomic mass is 32.2. The van der Waals surface area contributed by atoms with Crippen LogP contribution in [0.25, 0.3) is 11.0 Å². The number of imidazole rings is 1. The van der Waals surface area contributed by atoms with Gasteiger partial charge >= 0.3 is 0 Å². The highest BCUT2D eigenvalue weighted by Crippen LogP contribution is 2.17. The Labute approximate surface area is 171 Å². The summed E-state index contributed by atoms with van der Waals surface area (Å²) in [5.74, 6) is 0.0227. The first-order valence-electron chi connectivity index (χ1n) is 9.48. The summed E-state index contributed by atoms with van der Waals surface area (Å²) in [6.07, 6.45) is 1.97. The van der Waals surface area contributed by atoms with Crippen LogP contribution in [0.15, 0.2) is 54.6 Å². The number of aromatic nitrogens is 2. The van der Waals surface area contributed by atoms with Gasteiger partial charge < -0.3 is 14.8 Å². The van der Waals surface area contributed by atoms with Crippen molar-refractivity contribution in [2.24, 2.45) is 0 Å². The van der Waals surface area contributed by atoms with Gasteiger partial charge in [0.05, 0.1) is 11.0 Å². The van der Waals surface area contributed by atoms with E-state index in [0.717, 1.165) is 24.2 Å². The second kappa shape index (κ2) is 9.09. The summed E-state index contributed by atoms with van der Waals surface area (Å²) in [5.41, 5.74) is 2.57. The fourth-order valence-corrected chi connectivity index (χ4v) is 3.89. The van der Waals surface area contributed by atoms with Crippen LogP contribution in [-0.2, 0) is 26.9 Å². The Morgan fingerprint density at radius 3 is 2.52 bits per heavy atom. The minimum absolute atomic E-state index is 0.0416. The van der Waals surface area contributed by atoms with Crippen molar-refractivity contribution in [3.8, 4) is 0 Å². The van der Waals surface area contributed by atoms with Gasteiger partial charge in [0.15, 0.2) is 9.84 Å². The molecule has 3 aromatic rings. The molecule has 29 heavy (non-hydrogen) atoms. The maximum absolute atomic E-state index is 12.5. The minimum Gasteiger partial charge on any atom is -0.375 e. The standard InChI is InChI=1S/C21H26N4O3S/c1-24(17-9-4-3-5-10-17)14-8-13-22-21(26)15-25-19-12-7-6-11-18(19)23-20(25)16-29(2,27)28/h3-7,9-12H,8,13-16H2,1-2H3,(H,22,26). The van der Waals surface area contributed by atoms with Crippen LogP contribution in [0.5, 0.6) is 0 Å². The summed E-state index contributed by atoms with van der Waals surface area (Å²) in [4.78, 5) is 19.0. The lowest BCUT2D eigenvalue weighted by atomic mass is 10.3. The van der Waals surface area contributed by atoms with Crippen LogP contribution in [0.1, 0.15) is 12.2 Å². The molecule has 0 atom stereocenters. The van der Waals surface area contributed by atoms with E-state index in [4.69, 9.17) is 0 Å². The first kappa shape index (κ1) is 20.9. The quantitative estimate of drug-likeness (QED) is 0.543. The third-order valence-electron chi connectivity index (χ3n) is 4.62. The molecule has 0 aliphatic rings. The van der Waals surface area contributed by atoms with Gasteiger partial charge in [-0.1, -0.05) is 30.3 Å². The number of amides is 1. The molecule has 0 unspecified atom stereocenters. The molecule has 2 aromatic carbocycles. The zero-order valence-corrected chi connectivity index (χ0v) is 17.5. The van der Waals surface area contributed by atoms with Gasteiger partial charge in [-0.25, -0.2) is 13.4 Å².